The van der Waals surface area contributed by atoms with Crippen molar-refractivity contribution >= 4 is 0 Å². The fourth-order valence-corrected chi connectivity index (χ4v) is 9.56. The number of benzene rings is 2. The normalized spacial score (nSPS) is 26.4. The van der Waals surface area contributed by atoms with Crippen LogP contribution in [0, 0.1) is 29.6 Å². The first-order valence-corrected chi connectivity index (χ1v) is 20.0. The molecule has 0 radical (unpaired) electrons. The van der Waals surface area contributed by atoms with Crippen LogP contribution >= 0.6 is 0 Å². The Bertz CT molecular complexity index is 1330. The molecule has 2 saturated carbocycles. The third-order valence-electron chi connectivity index (χ3n) is 12.2. The van der Waals surface area contributed by atoms with Gasteiger partial charge in [-0.15, -0.1) is 0 Å². The molecule has 0 amide bonds. The minimum absolute atomic E-state index is 0.175. The summed E-state index contributed by atoms with van der Waals surface area (Å²) in [5, 5.41) is 11.6. The van der Waals surface area contributed by atoms with Gasteiger partial charge in [0, 0.05) is 17.0 Å². The zero-order valence-corrected chi connectivity index (χ0v) is 31.8. The number of rotatable bonds is 15. The van der Waals surface area contributed by atoms with Gasteiger partial charge in [0.15, 0.2) is 0 Å². The number of aryl methyl sites for hydroxylation is 2. The lowest BCUT2D eigenvalue weighted by Crippen LogP contribution is -2.46. The summed E-state index contributed by atoms with van der Waals surface area (Å²) in [6, 6.07) is 8.90. The Kier molecular flexibility index (Phi) is 12.7. The van der Waals surface area contributed by atoms with E-state index in [0.29, 0.717) is 60.4 Å². The fourth-order valence-electron chi connectivity index (χ4n) is 9.56. The van der Waals surface area contributed by atoms with Crippen molar-refractivity contribution < 1.29 is 19.3 Å². The molecule has 2 aliphatic carbocycles. The predicted molar refractivity (Wildman–Crippen MR) is 200 cm³/mol. The molecule has 0 spiro atoms. The summed E-state index contributed by atoms with van der Waals surface area (Å²) >= 11 is 0. The molecule has 1 N–H and O–H groups in total. The number of unbranched alkanes of at least 4 members (excludes halogenated alkanes) is 4. The van der Waals surface area contributed by atoms with E-state index in [4.69, 9.17) is 14.2 Å². The Balaban J connectivity index is 1.40. The van der Waals surface area contributed by atoms with Gasteiger partial charge < -0.3 is 19.3 Å². The molecule has 6 atom stereocenters. The van der Waals surface area contributed by atoms with Crippen molar-refractivity contribution in [2.75, 3.05) is 13.2 Å². The Morgan fingerprint density at radius 2 is 1.31 bits per heavy atom. The van der Waals surface area contributed by atoms with Crippen LogP contribution in [0.1, 0.15) is 167 Å². The van der Waals surface area contributed by atoms with Gasteiger partial charge in [0.2, 0.25) is 0 Å². The minimum atomic E-state index is -0.175. The molecule has 1 heterocycles. The molecule has 0 bridgehead atoms. The lowest BCUT2D eigenvalue weighted by Gasteiger charge is -2.49. The number of ether oxygens (including phenoxy) is 3. The van der Waals surface area contributed by atoms with Crippen molar-refractivity contribution in [1.82, 2.24) is 0 Å². The minimum Gasteiger partial charge on any atom is -0.508 e. The van der Waals surface area contributed by atoms with Crippen molar-refractivity contribution in [3.05, 3.63) is 46.5 Å². The van der Waals surface area contributed by atoms with Crippen molar-refractivity contribution in [2.45, 2.75) is 163 Å². The Hall–Kier alpha value is -2.36. The van der Waals surface area contributed by atoms with Crippen molar-refractivity contribution in [2.24, 2.45) is 29.6 Å². The van der Waals surface area contributed by atoms with Gasteiger partial charge in [-0.1, -0.05) is 80.1 Å². The summed E-state index contributed by atoms with van der Waals surface area (Å²) < 4.78 is 20.3. The topological polar surface area (TPSA) is 47.9 Å². The highest BCUT2D eigenvalue weighted by atomic mass is 16.5. The second kappa shape index (κ2) is 16.6. The number of phenols is 1. The Morgan fingerprint density at radius 1 is 0.750 bits per heavy atom. The van der Waals surface area contributed by atoms with Crippen molar-refractivity contribution in [3.63, 3.8) is 0 Å². The molecule has 4 nitrogen and oxygen atoms in total. The number of hydrogen-bond acceptors (Lipinski definition) is 4. The van der Waals surface area contributed by atoms with Crippen LogP contribution in [-0.4, -0.2) is 23.9 Å². The number of fused-ring (bicyclic) bond motifs is 3. The van der Waals surface area contributed by atoms with E-state index in [9.17, 15) is 5.11 Å². The van der Waals surface area contributed by atoms with Gasteiger partial charge in [-0.05, 0) is 136 Å². The Morgan fingerprint density at radius 3 is 1.92 bits per heavy atom. The van der Waals surface area contributed by atoms with Crippen LogP contribution in [-0.2, 0) is 12.8 Å². The first kappa shape index (κ1) is 36.9. The van der Waals surface area contributed by atoms with Crippen LogP contribution in [0.25, 0.3) is 0 Å². The second-order valence-corrected chi connectivity index (χ2v) is 16.9. The maximum Gasteiger partial charge on any atom is 0.127 e. The molecule has 2 aromatic carbocycles. The second-order valence-electron chi connectivity index (χ2n) is 16.9. The van der Waals surface area contributed by atoms with E-state index in [1.165, 1.54) is 80.9 Å². The van der Waals surface area contributed by atoms with E-state index >= 15 is 0 Å². The van der Waals surface area contributed by atoms with Gasteiger partial charge in [0.1, 0.15) is 41.8 Å². The number of hydrogen-bond donors (Lipinski definition) is 1. The Labute approximate surface area is 293 Å². The van der Waals surface area contributed by atoms with E-state index in [-0.39, 0.29) is 5.60 Å². The van der Waals surface area contributed by atoms with Gasteiger partial charge >= 0.3 is 0 Å². The third kappa shape index (κ3) is 8.67. The van der Waals surface area contributed by atoms with Crippen LogP contribution < -0.4 is 14.2 Å². The lowest BCUT2D eigenvalue weighted by atomic mass is 9.64. The van der Waals surface area contributed by atoms with E-state index < -0.39 is 0 Å². The molecule has 268 valence electrons. The predicted octanol–water partition coefficient (Wildman–Crippen LogP) is 12.2. The zero-order chi connectivity index (χ0) is 34.4. The molecule has 0 unspecified atom stereocenters. The lowest BCUT2D eigenvalue weighted by molar-refractivity contribution is -0.0149. The summed E-state index contributed by atoms with van der Waals surface area (Å²) in [5.74, 6) is 7.08. The molecule has 48 heavy (non-hydrogen) atoms. The average Bonchev–Trinajstić information content (AvgIpc) is 3.02. The average molecular weight is 661 g/mol. The van der Waals surface area contributed by atoms with Crippen LogP contribution in [0.15, 0.2) is 24.3 Å². The first-order valence-electron chi connectivity index (χ1n) is 20.0. The summed E-state index contributed by atoms with van der Waals surface area (Å²) in [4.78, 5) is 0. The molecule has 5 rings (SSSR count). The molecule has 0 aromatic heterocycles. The molecule has 4 heteroatoms. The van der Waals surface area contributed by atoms with Crippen LogP contribution in [0.3, 0.4) is 0 Å². The molecular weight excluding hydrogens is 592 g/mol. The highest BCUT2D eigenvalue weighted by Gasteiger charge is 2.47. The maximum absolute atomic E-state index is 11.6. The summed E-state index contributed by atoms with van der Waals surface area (Å²) in [6.07, 6.45) is 16.4. The van der Waals surface area contributed by atoms with E-state index in [2.05, 4.69) is 73.6 Å². The van der Waals surface area contributed by atoms with Crippen LogP contribution in [0.4, 0.5) is 0 Å². The number of phenolic OH excluding ortho intramolecular Hbond substituents is 1. The van der Waals surface area contributed by atoms with E-state index in [0.717, 1.165) is 48.5 Å². The third-order valence-corrected chi connectivity index (χ3v) is 12.2. The SMILES string of the molecule is CCCCCc1cc(OCCOc2cc(CCCCC)cc(O)c2[C@@H]2C[C@@H](C)CC[C@H]2C(C)C)c2c(c1)OC(C)(C)[C@@H]1CC[C@@H](C)C[C@@H]21. The number of aromatic hydroxyl groups is 1. The molecule has 2 fully saturated rings. The van der Waals surface area contributed by atoms with Gasteiger partial charge in [-0.2, -0.15) is 0 Å². The quantitative estimate of drug-likeness (QED) is 0.193. The smallest absolute Gasteiger partial charge is 0.127 e. The van der Waals surface area contributed by atoms with Crippen molar-refractivity contribution in [3.8, 4) is 23.0 Å². The van der Waals surface area contributed by atoms with Crippen LogP contribution in [0.5, 0.6) is 23.0 Å². The molecule has 0 saturated heterocycles. The van der Waals surface area contributed by atoms with Crippen LogP contribution in [0.2, 0.25) is 0 Å². The first-order chi connectivity index (χ1) is 23.0. The summed E-state index contributed by atoms with van der Waals surface area (Å²) in [6.45, 7) is 19.5. The molecule has 1 aliphatic heterocycles. The van der Waals surface area contributed by atoms with Gasteiger partial charge in [-0.3, -0.25) is 0 Å². The van der Waals surface area contributed by atoms with Crippen molar-refractivity contribution in [1.29, 1.82) is 0 Å². The molecule has 3 aliphatic rings. The van der Waals surface area contributed by atoms with E-state index in [1.807, 2.05) is 6.07 Å². The standard InChI is InChI=1S/C44H68O4/c1-9-11-13-15-32-25-38(45)42(35-23-30(5)17-19-34(35)29(3)4)39(26-32)46-21-22-47-40-27-33(16-14-12-10-2)28-41-43(40)36-24-31(6)18-20-37(36)44(7,8)48-41/h25-31,34-37,45H,9-24H2,1-8H3/t30-,31+,34-,35+,36+,37+/m0/s1. The van der Waals surface area contributed by atoms with Gasteiger partial charge in [0.05, 0.1) is 0 Å². The molecule has 2 aromatic rings. The summed E-state index contributed by atoms with van der Waals surface area (Å²) in [5.41, 5.74) is 4.64. The van der Waals surface area contributed by atoms with E-state index in [1.54, 1.807) is 0 Å². The zero-order valence-electron chi connectivity index (χ0n) is 31.8. The maximum atomic E-state index is 11.6. The highest BCUT2D eigenvalue weighted by molar-refractivity contribution is 5.53. The van der Waals surface area contributed by atoms with Gasteiger partial charge in [-0.25, -0.2) is 0 Å². The van der Waals surface area contributed by atoms with Gasteiger partial charge in [0.25, 0.3) is 0 Å². The molecular formula is C44H68O4. The highest BCUT2D eigenvalue weighted by Crippen LogP contribution is 2.56. The monoisotopic (exact) mass is 661 g/mol. The largest absolute Gasteiger partial charge is 0.508 e. The summed E-state index contributed by atoms with van der Waals surface area (Å²) in [7, 11) is 0. The fraction of sp³-hybridized carbons (Fsp3) is 0.727.